The zero-order valence-corrected chi connectivity index (χ0v) is 17.1. The lowest BCUT2D eigenvalue weighted by Crippen LogP contribution is -2.42. The Labute approximate surface area is 165 Å². The molecule has 0 amide bonds. The van der Waals surface area contributed by atoms with Gasteiger partial charge in [-0.1, -0.05) is 0 Å². The molecule has 1 atom stereocenters. The lowest BCUT2D eigenvalue weighted by molar-refractivity contribution is -0.384. The van der Waals surface area contributed by atoms with Gasteiger partial charge in [0.15, 0.2) is 0 Å². The fourth-order valence-corrected chi connectivity index (χ4v) is 3.64. The summed E-state index contributed by atoms with van der Waals surface area (Å²) >= 11 is 0. The number of fused-ring (bicyclic) bond motifs is 1. The molecule has 0 saturated heterocycles. The van der Waals surface area contributed by atoms with E-state index in [4.69, 9.17) is 14.2 Å². The highest BCUT2D eigenvalue weighted by molar-refractivity contribution is 5.59. The lowest BCUT2D eigenvalue weighted by Gasteiger charge is -2.38. The summed E-state index contributed by atoms with van der Waals surface area (Å²) in [5.74, 6) is 2.49. The molecule has 0 saturated carbocycles. The molecule has 1 heterocycles. The van der Waals surface area contributed by atoms with Crippen LogP contribution in [0.1, 0.15) is 42.5 Å². The molecule has 1 aliphatic heterocycles. The second-order valence-corrected chi connectivity index (χ2v) is 7.54. The van der Waals surface area contributed by atoms with Crippen LogP contribution in [0.15, 0.2) is 24.3 Å². The maximum Gasteiger partial charge on any atom is 0.269 e. The first kappa shape index (κ1) is 20.0. The molecule has 0 N–H and O–H groups in total. The van der Waals surface area contributed by atoms with Crippen LogP contribution in [0.2, 0.25) is 0 Å². The van der Waals surface area contributed by atoms with Gasteiger partial charge in [-0.2, -0.15) is 0 Å². The average Bonchev–Trinajstić information content (AvgIpc) is 2.68. The van der Waals surface area contributed by atoms with Crippen LogP contribution in [0, 0.1) is 30.9 Å². The Morgan fingerprint density at radius 1 is 1.11 bits per heavy atom. The van der Waals surface area contributed by atoms with Gasteiger partial charge in [-0.25, -0.2) is 0 Å². The Bertz CT molecular complexity index is 891. The molecular weight excluding hydrogens is 358 g/mol. The standard InChI is InChI=1S/C22H27NO5/c1-6-26-20-14(2)15(3)21-19(16(20)4)11-12-22(5,28-21)13-27-18-9-7-17(8-10-18)23(24)25/h7-10H,6,11-13H2,1-5H3. The third-order valence-electron chi connectivity index (χ3n) is 5.44. The van der Waals surface area contributed by atoms with E-state index >= 15 is 0 Å². The Morgan fingerprint density at radius 2 is 1.79 bits per heavy atom. The van der Waals surface area contributed by atoms with Gasteiger partial charge in [0.1, 0.15) is 29.5 Å². The zero-order valence-electron chi connectivity index (χ0n) is 17.1. The molecule has 0 fully saturated rings. The van der Waals surface area contributed by atoms with Crippen LogP contribution in [0.25, 0.3) is 0 Å². The third kappa shape index (κ3) is 3.77. The van der Waals surface area contributed by atoms with Crippen molar-refractivity contribution in [2.75, 3.05) is 13.2 Å². The van der Waals surface area contributed by atoms with Crippen LogP contribution in [0.5, 0.6) is 17.2 Å². The summed E-state index contributed by atoms with van der Waals surface area (Å²) in [4.78, 5) is 10.4. The number of nitro groups is 1. The first-order valence-corrected chi connectivity index (χ1v) is 9.57. The predicted molar refractivity (Wildman–Crippen MR) is 108 cm³/mol. The van der Waals surface area contributed by atoms with Crippen molar-refractivity contribution in [3.8, 4) is 17.2 Å². The number of nitro benzene ring substituents is 1. The van der Waals surface area contributed by atoms with Crippen LogP contribution in [0.4, 0.5) is 5.69 Å². The molecule has 2 aromatic rings. The van der Waals surface area contributed by atoms with Gasteiger partial charge < -0.3 is 14.2 Å². The fraction of sp³-hybridized carbons (Fsp3) is 0.455. The molecule has 0 spiro atoms. The van der Waals surface area contributed by atoms with Crippen molar-refractivity contribution < 1.29 is 19.1 Å². The first-order chi connectivity index (χ1) is 13.3. The molecule has 1 unspecified atom stereocenters. The summed E-state index contributed by atoms with van der Waals surface area (Å²) in [6.07, 6.45) is 1.71. The second kappa shape index (κ2) is 7.70. The van der Waals surface area contributed by atoms with Crippen LogP contribution in [-0.4, -0.2) is 23.7 Å². The number of non-ortho nitro benzene ring substituents is 1. The minimum absolute atomic E-state index is 0.0492. The summed E-state index contributed by atoms with van der Waals surface area (Å²) in [5.41, 5.74) is 4.15. The van der Waals surface area contributed by atoms with Gasteiger partial charge in [-0.3, -0.25) is 10.1 Å². The van der Waals surface area contributed by atoms with Crippen molar-refractivity contribution in [1.82, 2.24) is 0 Å². The predicted octanol–water partition coefficient (Wildman–Crippen LogP) is 5.08. The SMILES string of the molecule is CCOc1c(C)c(C)c2c(c1C)CCC(C)(COc1ccc([N+](=O)[O-])cc1)O2. The molecule has 3 rings (SSSR count). The third-order valence-corrected chi connectivity index (χ3v) is 5.44. The van der Waals surface area contributed by atoms with Crippen molar-refractivity contribution in [2.45, 2.75) is 53.1 Å². The Kier molecular flexibility index (Phi) is 5.49. The number of hydrogen-bond donors (Lipinski definition) is 0. The van der Waals surface area contributed by atoms with Crippen molar-refractivity contribution in [2.24, 2.45) is 0 Å². The Morgan fingerprint density at radius 3 is 2.39 bits per heavy atom. The highest BCUT2D eigenvalue weighted by Gasteiger charge is 2.35. The summed E-state index contributed by atoms with van der Waals surface area (Å²) in [6.45, 7) is 11.3. The second-order valence-electron chi connectivity index (χ2n) is 7.54. The first-order valence-electron chi connectivity index (χ1n) is 9.57. The number of benzene rings is 2. The van der Waals surface area contributed by atoms with Gasteiger partial charge in [-0.05, 0) is 76.3 Å². The van der Waals surface area contributed by atoms with Gasteiger partial charge in [0.25, 0.3) is 5.69 Å². The lowest BCUT2D eigenvalue weighted by atomic mass is 9.87. The summed E-state index contributed by atoms with van der Waals surface area (Å²) in [5, 5.41) is 10.8. The van der Waals surface area contributed by atoms with E-state index in [0.717, 1.165) is 41.0 Å². The number of nitrogens with zero attached hydrogens (tertiary/aromatic N) is 1. The molecule has 0 bridgehead atoms. The largest absolute Gasteiger partial charge is 0.493 e. The van der Waals surface area contributed by atoms with Gasteiger partial charge in [0.05, 0.1) is 11.5 Å². The van der Waals surface area contributed by atoms with Crippen molar-refractivity contribution >= 4 is 5.69 Å². The van der Waals surface area contributed by atoms with Crippen molar-refractivity contribution in [3.05, 3.63) is 56.6 Å². The van der Waals surface area contributed by atoms with Crippen molar-refractivity contribution in [3.63, 3.8) is 0 Å². The maximum absolute atomic E-state index is 10.8. The van der Waals surface area contributed by atoms with E-state index in [1.807, 2.05) is 13.8 Å². The van der Waals surface area contributed by atoms with Gasteiger partial charge >= 0.3 is 0 Å². The molecule has 150 valence electrons. The average molecular weight is 385 g/mol. The molecule has 6 nitrogen and oxygen atoms in total. The number of hydrogen-bond acceptors (Lipinski definition) is 5. The molecule has 2 aromatic carbocycles. The smallest absolute Gasteiger partial charge is 0.269 e. The monoisotopic (exact) mass is 385 g/mol. The van der Waals surface area contributed by atoms with Gasteiger partial charge in [0.2, 0.25) is 0 Å². The molecule has 6 heteroatoms. The highest BCUT2D eigenvalue weighted by Crippen LogP contribution is 2.43. The maximum atomic E-state index is 10.8. The van der Waals surface area contributed by atoms with Crippen LogP contribution < -0.4 is 14.2 Å². The number of ether oxygens (including phenoxy) is 3. The van der Waals surface area contributed by atoms with Crippen LogP contribution in [-0.2, 0) is 6.42 Å². The Hall–Kier alpha value is -2.76. The number of rotatable bonds is 6. The fourth-order valence-electron chi connectivity index (χ4n) is 3.64. The molecule has 0 aromatic heterocycles. The van der Waals surface area contributed by atoms with Crippen LogP contribution in [0.3, 0.4) is 0 Å². The van der Waals surface area contributed by atoms with E-state index in [2.05, 4.69) is 20.8 Å². The zero-order chi connectivity index (χ0) is 20.5. The minimum Gasteiger partial charge on any atom is -0.493 e. The normalized spacial score (nSPS) is 18.2. The molecule has 28 heavy (non-hydrogen) atoms. The van der Waals surface area contributed by atoms with Crippen molar-refractivity contribution in [1.29, 1.82) is 0 Å². The molecule has 0 radical (unpaired) electrons. The van der Waals surface area contributed by atoms with Gasteiger partial charge in [0, 0.05) is 17.7 Å². The Balaban J connectivity index is 1.79. The highest BCUT2D eigenvalue weighted by atomic mass is 16.6. The summed E-state index contributed by atoms with van der Waals surface area (Å²) in [7, 11) is 0. The van der Waals surface area contributed by atoms with E-state index in [-0.39, 0.29) is 5.69 Å². The molecular formula is C22H27NO5. The van der Waals surface area contributed by atoms with E-state index < -0.39 is 10.5 Å². The molecule has 1 aliphatic rings. The molecule has 0 aliphatic carbocycles. The summed E-state index contributed by atoms with van der Waals surface area (Å²) < 4.78 is 18.2. The van der Waals surface area contributed by atoms with Crippen LogP contribution >= 0.6 is 0 Å². The quantitative estimate of drug-likeness (QED) is 0.512. The van der Waals surface area contributed by atoms with Gasteiger partial charge in [-0.15, -0.1) is 0 Å². The summed E-state index contributed by atoms with van der Waals surface area (Å²) in [6, 6.07) is 6.12. The topological polar surface area (TPSA) is 70.8 Å². The van der Waals surface area contributed by atoms with E-state index in [1.54, 1.807) is 12.1 Å². The minimum atomic E-state index is -0.467. The van der Waals surface area contributed by atoms with E-state index in [0.29, 0.717) is 19.0 Å². The van der Waals surface area contributed by atoms with E-state index in [1.165, 1.54) is 17.7 Å². The van der Waals surface area contributed by atoms with E-state index in [9.17, 15) is 10.1 Å².